The van der Waals surface area contributed by atoms with E-state index in [1.807, 2.05) is 6.92 Å². The van der Waals surface area contributed by atoms with Crippen molar-refractivity contribution >= 4 is 23.2 Å². The molecule has 1 atom stereocenters. The van der Waals surface area contributed by atoms with Gasteiger partial charge in [-0.3, -0.25) is 0 Å². The normalized spacial score (nSPS) is 12.4. The summed E-state index contributed by atoms with van der Waals surface area (Å²) in [4.78, 5) is 0. The lowest BCUT2D eigenvalue weighted by Crippen LogP contribution is -2.23. The van der Waals surface area contributed by atoms with E-state index >= 15 is 0 Å². The highest BCUT2D eigenvalue weighted by molar-refractivity contribution is 6.31. The molecule has 5 heteroatoms. The summed E-state index contributed by atoms with van der Waals surface area (Å²) >= 11 is 11.8. The first-order chi connectivity index (χ1) is 10.0. The molecule has 0 aliphatic carbocycles. The number of benzene rings is 2. The van der Waals surface area contributed by atoms with Gasteiger partial charge in [-0.2, -0.15) is 0 Å². The Balaban J connectivity index is 2.33. The molecule has 1 unspecified atom stereocenters. The first kappa shape index (κ1) is 16.2. The summed E-state index contributed by atoms with van der Waals surface area (Å²) in [5.41, 5.74) is 1.12. The van der Waals surface area contributed by atoms with Gasteiger partial charge < -0.3 is 5.32 Å². The zero-order valence-electron chi connectivity index (χ0n) is 11.5. The molecule has 2 rings (SSSR count). The van der Waals surface area contributed by atoms with Crippen molar-refractivity contribution in [3.05, 3.63) is 69.2 Å². The SMILES string of the molecule is CCNC(Cc1c(F)cccc1Cl)c1ccc(Cl)c(F)c1. The van der Waals surface area contributed by atoms with E-state index in [-0.39, 0.29) is 16.9 Å². The van der Waals surface area contributed by atoms with Gasteiger partial charge in [-0.25, -0.2) is 8.78 Å². The molecule has 0 bridgehead atoms. The van der Waals surface area contributed by atoms with E-state index in [0.29, 0.717) is 29.1 Å². The van der Waals surface area contributed by atoms with Gasteiger partial charge in [0.15, 0.2) is 0 Å². The third kappa shape index (κ3) is 3.94. The minimum atomic E-state index is -0.489. The Labute approximate surface area is 132 Å². The number of hydrogen-bond donors (Lipinski definition) is 1. The molecule has 0 spiro atoms. The fourth-order valence-corrected chi connectivity index (χ4v) is 2.57. The lowest BCUT2D eigenvalue weighted by Gasteiger charge is -2.20. The molecule has 0 saturated heterocycles. The zero-order chi connectivity index (χ0) is 15.4. The summed E-state index contributed by atoms with van der Waals surface area (Å²) in [5.74, 6) is -0.850. The summed E-state index contributed by atoms with van der Waals surface area (Å²) < 4.78 is 27.5. The van der Waals surface area contributed by atoms with Crippen molar-refractivity contribution in [2.75, 3.05) is 6.54 Å². The molecule has 0 aliphatic rings. The monoisotopic (exact) mass is 329 g/mol. The van der Waals surface area contributed by atoms with Crippen LogP contribution in [-0.4, -0.2) is 6.54 Å². The molecule has 0 aromatic heterocycles. The lowest BCUT2D eigenvalue weighted by molar-refractivity contribution is 0.524. The van der Waals surface area contributed by atoms with Crippen molar-refractivity contribution in [2.45, 2.75) is 19.4 Å². The average molecular weight is 330 g/mol. The standard InChI is InChI=1S/C16H15Cl2F2N/c1-2-21-16(10-6-7-13(18)15(20)8-10)9-11-12(17)4-3-5-14(11)19/h3-8,16,21H,2,9H2,1H3. The van der Waals surface area contributed by atoms with Crippen LogP contribution in [0.25, 0.3) is 0 Å². The topological polar surface area (TPSA) is 12.0 Å². The van der Waals surface area contributed by atoms with Gasteiger partial charge in [0.05, 0.1) is 5.02 Å². The van der Waals surface area contributed by atoms with E-state index in [1.54, 1.807) is 18.2 Å². The molecule has 0 amide bonds. The van der Waals surface area contributed by atoms with Gasteiger partial charge in [-0.1, -0.05) is 42.3 Å². The first-order valence-corrected chi connectivity index (χ1v) is 7.39. The zero-order valence-corrected chi connectivity index (χ0v) is 13.0. The van der Waals surface area contributed by atoms with Crippen LogP contribution in [0.2, 0.25) is 10.0 Å². The Morgan fingerprint density at radius 2 is 1.81 bits per heavy atom. The van der Waals surface area contributed by atoms with Crippen molar-refractivity contribution in [2.24, 2.45) is 0 Å². The van der Waals surface area contributed by atoms with Gasteiger partial charge in [0.1, 0.15) is 11.6 Å². The summed E-state index contributed by atoms with van der Waals surface area (Å²) in [6.45, 7) is 2.60. The minimum absolute atomic E-state index is 0.0675. The molecule has 0 radical (unpaired) electrons. The Hall–Kier alpha value is -1.16. The number of nitrogens with one attached hydrogen (secondary N) is 1. The van der Waals surface area contributed by atoms with Gasteiger partial charge in [-0.05, 0) is 42.8 Å². The van der Waals surface area contributed by atoms with Crippen molar-refractivity contribution in [1.29, 1.82) is 0 Å². The maximum atomic E-state index is 13.9. The Morgan fingerprint density at radius 1 is 1.05 bits per heavy atom. The molecule has 0 saturated carbocycles. The van der Waals surface area contributed by atoms with Crippen molar-refractivity contribution in [1.82, 2.24) is 5.32 Å². The summed E-state index contributed by atoms with van der Waals surface area (Å²) in [6.07, 6.45) is 0.334. The second-order valence-corrected chi connectivity index (χ2v) is 5.50. The maximum absolute atomic E-state index is 13.9. The second kappa shape index (κ2) is 7.21. The summed E-state index contributed by atoms with van der Waals surface area (Å²) in [6, 6.07) is 8.93. The lowest BCUT2D eigenvalue weighted by atomic mass is 9.98. The van der Waals surface area contributed by atoms with Gasteiger partial charge in [-0.15, -0.1) is 0 Å². The van der Waals surface area contributed by atoms with Crippen LogP contribution >= 0.6 is 23.2 Å². The minimum Gasteiger partial charge on any atom is -0.310 e. The smallest absolute Gasteiger partial charge is 0.142 e. The van der Waals surface area contributed by atoms with Crippen LogP contribution in [0.5, 0.6) is 0 Å². The van der Waals surface area contributed by atoms with E-state index in [0.717, 1.165) is 0 Å². The summed E-state index contributed by atoms with van der Waals surface area (Å²) in [7, 11) is 0. The fourth-order valence-electron chi connectivity index (χ4n) is 2.21. The molecular formula is C16H15Cl2F2N. The van der Waals surface area contributed by atoms with E-state index < -0.39 is 5.82 Å². The molecule has 0 aliphatic heterocycles. The number of likely N-dealkylation sites (N-methyl/N-ethyl adjacent to an activating group) is 1. The van der Waals surface area contributed by atoms with Crippen molar-refractivity contribution in [3.8, 4) is 0 Å². The van der Waals surface area contributed by atoms with Gasteiger partial charge in [0, 0.05) is 16.6 Å². The fraction of sp³-hybridized carbons (Fsp3) is 0.250. The highest BCUT2D eigenvalue weighted by atomic mass is 35.5. The van der Waals surface area contributed by atoms with E-state index in [9.17, 15) is 8.78 Å². The van der Waals surface area contributed by atoms with Crippen LogP contribution in [0, 0.1) is 11.6 Å². The summed E-state index contributed by atoms with van der Waals surface area (Å²) in [5, 5.41) is 3.65. The molecular weight excluding hydrogens is 315 g/mol. The van der Waals surface area contributed by atoms with Gasteiger partial charge >= 0.3 is 0 Å². The van der Waals surface area contributed by atoms with Gasteiger partial charge in [0.2, 0.25) is 0 Å². The van der Waals surface area contributed by atoms with Crippen molar-refractivity contribution in [3.63, 3.8) is 0 Å². The van der Waals surface area contributed by atoms with Crippen LogP contribution in [0.1, 0.15) is 24.1 Å². The highest BCUT2D eigenvalue weighted by Crippen LogP contribution is 2.27. The van der Waals surface area contributed by atoms with E-state index in [1.165, 1.54) is 18.2 Å². The molecule has 1 nitrogen and oxygen atoms in total. The molecule has 112 valence electrons. The number of rotatable bonds is 5. The molecule has 0 heterocycles. The largest absolute Gasteiger partial charge is 0.310 e. The van der Waals surface area contributed by atoms with Crippen molar-refractivity contribution < 1.29 is 8.78 Å². The molecule has 1 N–H and O–H groups in total. The quantitative estimate of drug-likeness (QED) is 0.798. The van der Waals surface area contributed by atoms with Crippen LogP contribution in [-0.2, 0) is 6.42 Å². The number of hydrogen-bond acceptors (Lipinski definition) is 1. The molecule has 0 fully saturated rings. The second-order valence-electron chi connectivity index (χ2n) is 4.69. The molecule has 2 aromatic carbocycles. The van der Waals surface area contributed by atoms with E-state index in [2.05, 4.69) is 5.32 Å². The molecule has 2 aromatic rings. The third-order valence-electron chi connectivity index (χ3n) is 3.27. The Morgan fingerprint density at radius 3 is 2.43 bits per heavy atom. The first-order valence-electron chi connectivity index (χ1n) is 6.64. The van der Waals surface area contributed by atoms with Crippen LogP contribution in [0.15, 0.2) is 36.4 Å². The Kier molecular flexibility index (Phi) is 5.57. The maximum Gasteiger partial charge on any atom is 0.142 e. The highest BCUT2D eigenvalue weighted by Gasteiger charge is 2.17. The van der Waals surface area contributed by atoms with Crippen LogP contribution in [0.4, 0.5) is 8.78 Å². The number of halogens is 4. The average Bonchev–Trinajstić information content (AvgIpc) is 2.45. The predicted octanol–water partition coefficient (Wildman–Crippen LogP) is 5.16. The predicted molar refractivity (Wildman–Crippen MR) is 82.9 cm³/mol. The third-order valence-corrected chi connectivity index (χ3v) is 3.93. The van der Waals surface area contributed by atoms with Gasteiger partial charge in [0.25, 0.3) is 0 Å². The Bertz CT molecular complexity index is 611. The van der Waals surface area contributed by atoms with Crippen LogP contribution < -0.4 is 5.32 Å². The molecule has 21 heavy (non-hydrogen) atoms. The van der Waals surface area contributed by atoms with E-state index in [4.69, 9.17) is 23.2 Å². The van der Waals surface area contributed by atoms with Crippen LogP contribution in [0.3, 0.4) is 0 Å².